The number of benzene rings is 1. The van der Waals surface area contributed by atoms with E-state index in [0.29, 0.717) is 5.56 Å². The van der Waals surface area contributed by atoms with Gasteiger partial charge in [-0.3, -0.25) is 4.79 Å². The van der Waals surface area contributed by atoms with Crippen molar-refractivity contribution in [3.05, 3.63) is 35.9 Å². The summed E-state index contributed by atoms with van der Waals surface area (Å²) in [6.45, 7) is -1.20. The third kappa shape index (κ3) is 3.45. The van der Waals surface area contributed by atoms with Crippen molar-refractivity contribution < 1.29 is 31.3 Å². The Morgan fingerprint density at radius 1 is 1.36 bits per heavy atom. The molecule has 1 aliphatic rings. The summed E-state index contributed by atoms with van der Waals surface area (Å²) >= 11 is 0. The number of carbonyl (C=O) groups is 1. The molecular formula is C15H21NO6. The molecule has 1 heterocycles. The van der Waals surface area contributed by atoms with Gasteiger partial charge < -0.3 is 30.5 Å². The van der Waals surface area contributed by atoms with Crippen LogP contribution in [0.5, 0.6) is 0 Å². The minimum absolute atomic E-state index is 0.0724. The van der Waals surface area contributed by atoms with Gasteiger partial charge >= 0.3 is 0 Å². The maximum Gasteiger partial charge on any atom is 0.217 e. The van der Waals surface area contributed by atoms with Gasteiger partial charge in [0.15, 0.2) is 5.79 Å². The zero-order valence-corrected chi connectivity index (χ0v) is 11.9. The van der Waals surface area contributed by atoms with Crippen LogP contribution in [0.2, 0.25) is 0 Å². The molecule has 1 aromatic rings. The van der Waals surface area contributed by atoms with Crippen LogP contribution in [-0.2, 0) is 16.0 Å². The maximum atomic E-state index is 11.5. The fourth-order valence-corrected chi connectivity index (χ4v) is 2.65. The van der Waals surface area contributed by atoms with Gasteiger partial charge in [0, 0.05) is 14.7 Å². The van der Waals surface area contributed by atoms with Crippen molar-refractivity contribution in [2.75, 3.05) is 6.61 Å². The number of amides is 1. The third-order valence-electron chi connectivity index (χ3n) is 3.71. The van der Waals surface area contributed by atoms with Crippen molar-refractivity contribution in [3.8, 4) is 0 Å². The summed E-state index contributed by atoms with van der Waals surface area (Å²) in [4.78, 5) is 11.5. The Hall–Kier alpha value is -1.51. The Bertz CT molecular complexity index is 530. The van der Waals surface area contributed by atoms with Crippen LogP contribution in [0.4, 0.5) is 0 Å². The molecule has 122 valence electrons. The van der Waals surface area contributed by atoms with E-state index in [1.807, 2.05) is 0 Å². The molecular weight excluding hydrogens is 290 g/mol. The van der Waals surface area contributed by atoms with E-state index in [1.54, 1.807) is 30.3 Å². The van der Waals surface area contributed by atoms with E-state index in [2.05, 4.69) is 5.32 Å². The molecule has 0 radical (unpaired) electrons. The molecule has 1 aliphatic heterocycles. The lowest BCUT2D eigenvalue weighted by Crippen LogP contribution is -2.70. The standard InChI is InChI=1S/C15H21NO6/c1-9(18)16-14-13(20)12(19)11(8-17)22-15(14,21)7-10-5-3-2-4-6-10/h2-6,11-14,17,19-21H,7-8H2,1H3,(H,16,18)/t11-,12+,13+,14-,15?/m1/s1/i1D. The van der Waals surface area contributed by atoms with Crippen molar-refractivity contribution in [1.82, 2.24) is 5.32 Å². The van der Waals surface area contributed by atoms with E-state index in [0.717, 1.165) is 0 Å². The van der Waals surface area contributed by atoms with E-state index in [1.165, 1.54) is 0 Å². The molecule has 1 amide bonds. The molecule has 1 saturated heterocycles. The minimum atomic E-state index is -2.03. The average molecular weight is 312 g/mol. The van der Waals surface area contributed by atoms with E-state index >= 15 is 0 Å². The second-order valence-electron chi connectivity index (χ2n) is 5.37. The Morgan fingerprint density at radius 2 is 2.05 bits per heavy atom. The van der Waals surface area contributed by atoms with Gasteiger partial charge in [0.2, 0.25) is 5.91 Å². The molecule has 0 spiro atoms. The fourth-order valence-electron chi connectivity index (χ4n) is 2.65. The molecule has 0 saturated carbocycles. The molecule has 7 nitrogen and oxygen atoms in total. The van der Waals surface area contributed by atoms with Gasteiger partial charge in [-0.1, -0.05) is 30.3 Å². The second-order valence-corrected chi connectivity index (χ2v) is 5.37. The SMILES string of the molecule is [2H]CC(=O)N[C@@H]1[C@@H](O)[C@@H](O)[C@@H](CO)OC1(O)Cc1ccccc1. The smallest absolute Gasteiger partial charge is 0.217 e. The molecule has 7 heteroatoms. The van der Waals surface area contributed by atoms with E-state index < -0.39 is 49.6 Å². The average Bonchev–Trinajstić information content (AvgIpc) is 2.55. The first-order chi connectivity index (χ1) is 10.9. The van der Waals surface area contributed by atoms with Gasteiger partial charge in [-0.2, -0.15) is 0 Å². The summed E-state index contributed by atoms with van der Waals surface area (Å²) in [6, 6.07) is 7.44. The fraction of sp³-hybridized carbons (Fsp3) is 0.533. The van der Waals surface area contributed by atoms with Crippen LogP contribution in [0, 0.1) is 0 Å². The summed E-state index contributed by atoms with van der Waals surface area (Å²) in [5.74, 6) is -2.75. The zero-order chi connectivity index (χ0) is 17.0. The van der Waals surface area contributed by atoms with Crippen molar-refractivity contribution in [2.45, 2.75) is 43.5 Å². The van der Waals surface area contributed by atoms with E-state index in [-0.39, 0.29) is 6.42 Å². The first kappa shape index (κ1) is 15.4. The second kappa shape index (κ2) is 6.72. The van der Waals surface area contributed by atoms with Gasteiger partial charge in [0.05, 0.1) is 6.61 Å². The number of hydrogen-bond acceptors (Lipinski definition) is 6. The predicted molar refractivity (Wildman–Crippen MR) is 76.7 cm³/mol. The quantitative estimate of drug-likeness (QED) is 0.463. The molecule has 22 heavy (non-hydrogen) atoms. The topological polar surface area (TPSA) is 119 Å². The number of aliphatic hydroxyl groups excluding tert-OH is 3. The van der Waals surface area contributed by atoms with Gasteiger partial charge in [0.25, 0.3) is 0 Å². The predicted octanol–water partition coefficient (Wildman–Crippen LogP) is -1.46. The molecule has 0 aromatic heterocycles. The van der Waals surface area contributed by atoms with Crippen LogP contribution in [0.3, 0.4) is 0 Å². The van der Waals surface area contributed by atoms with Gasteiger partial charge in [-0.05, 0) is 5.56 Å². The highest BCUT2D eigenvalue weighted by atomic mass is 16.6. The number of ether oxygens (including phenoxy) is 1. The number of hydrogen-bond donors (Lipinski definition) is 5. The molecule has 5 atom stereocenters. The van der Waals surface area contributed by atoms with Crippen molar-refractivity contribution in [1.29, 1.82) is 0 Å². The van der Waals surface area contributed by atoms with Crippen LogP contribution in [-0.4, -0.2) is 63.1 Å². The van der Waals surface area contributed by atoms with E-state index in [4.69, 9.17) is 6.11 Å². The normalized spacial score (nSPS) is 35.7. The maximum absolute atomic E-state index is 11.5. The van der Waals surface area contributed by atoms with Crippen molar-refractivity contribution >= 4 is 5.91 Å². The highest BCUT2D eigenvalue weighted by Gasteiger charge is 2.53. The molecule has 0 aliphatic carbocycles. The first-order valence-corrected chi connectivity index (χ1v) is 6.91. The van der Waals surface area contributed by atoms with Crippen molar-refractivity contribution in [3.63, 3.8) is 0 Å². The first-order valence-electron chi connectivity index (χ1n) is 7.61. The Balaban J connectivity index is 2.30. The molecule has 0 bridgehead atoms. The van der Waals surface area contributed by atoms with Gasteiger partial charge in [-0.25, -0.2) is 0 Å². The van der Waals surface area contributed by atoms with Crippen molar-refractivity contribution in [2.24, 2.45) is 0 Å². The molecule has 1 unspecified atom stereocenters. The van der Waals surface area contributed by atoms with Crippen LogP contribution in [0.15, 0.2) is 30.3 Å². The minimum Gasteiger partial charge on any atom is -0.394 e. The van der Waals surface area contributed by atoms with Gasteiger partial charge in [-0.15, -0.1) is 0 Å². The molecule has 2 rings (SSSR count). The Morgan fingerprint density at radius 3 is 2.64 bits per heavy atom. The van der Waals surface area contributed by atoms with Crippen LogP contribution < -0.4 is 5.32 Å². The van der Waals surface area contributed by atoms with Crippen LogP contribution in [0.25, 0.3) is 0 Å². The summed E-state index contributed by atoms with van der Waals surface area (Å²) in [7, 11) is 0. The monoisotopic (exact) mass is 312 g/mol. The summed E-state index contributed by atoms with van der Waals surface area (Å²) < 4.78 is 12.4. The highest BCUT2D eigenvalue weighted by molar-refractivity contribution is 5.73. The lowest BCUT2D eigenvalue weighted by Gasteiger charge is -2.47. The largest absolute Gasteiger partial charge is 0.394 e. The Kier molecular flexibility index (Phi) is 4.70. The highest BCUT2D eigenvalue weighted by Crippen LogP contribution is 2.31. The summed E-state index contributed by atoms with van der Waals surface area (Å²) in [6.07, 6.45) is -4.29. The Labute approximate surface area is 129 Å². The van der Waals surface area contributed by atoms with Gasteiger partial charge in [0.1, 0.15) is 24.4 Å². The van der Waals surface area contributed by atoms with Crippen LogP contribution >= 0.6 is 0 Å². The molecule has 1 fully saturated rings. The van der Waals surface area contributed by atoms with Crippen LogP contribution in [0.1, 0.15) is 13.8 Å². The zero-order valence-electron chi connectivity index (χ0n) is 12.9. The number of carbonyl (C=O) groups excluding carboxylic acids is 1. The third-order valence-corrected chi connectivity index (χ3v) is 3.71. The lowest BCUT2D eigenvalue weighted by molar-refractivity contribution is -0.317. The number of rotatable bonds is 4. The number of aliphatic hydroxyl groups is 4. The van der Waals surface area contributed by atoms with E-state index in [9.17, 15) is 25.2 Å². The molecule has 1 aromatic carbocycles. The molecule has 5 N–H and O–H groups in total. The summed E-state index contributed by atoms with van der Waals surface area (Å²) in [5.41, 5.74) is 0.681. The summed E-state index contributed by atoms with van der Waals surface area (Å²) in [5, 5.41) is 42.6. The number of nitrogens with one attached hydrogen (secondary N) is 1. The lowest BCUT2D eigenvalue weighted by atomic mass is 9.86.